The first kappa shape index (κ1) is 42.6. The summed E-state index contributed by atoms with van der Waals surface area (Å²) in [5, 5.41) is 51.6. The van der Waals surface area contributed by atoms with E-state index in [4.69, 9.17) is 0 Å². The van der Waals surface area contributed by atoms with E-state index in [0.717, 1.165) is 11.6 Å². The molecule has 0 saturated carbocycles. The smallest absolute Gasteiger partial charge is 0.309 e. The van der Waals surface area contributed by atoms with Gasteiger partial charge in [0, 0.05) is 33.0 Å². The molecule has 0 N–H and O–H groups in total. The molecule has 0 aliphatic heterocycles. The van der Waals surface area contributed by atoms with Crippen LogP contribution in [0.4, 0.5) is 26.3 Å². The highest BCUT2D eigenvalue weighted by molar-refractivity contribution is 6.11. The molecule has 68 heavy (non-hydrogen) atoms. The van der Waals surface area contributed by atoms with E-state index in [-0.39, 0.29) is 39.2 Å². The summed E-state index contributed by atoms with van der Waals surface area (Å²) in [6.07, 6.45) is -5.93. The minimum Gasteiger partial charge on any atom is -0.309 e. The number of fused-ring (bicyclic) bond motifs is 6. The average molecular weight is 900 g/mol. The highest BCUT2D eigenvalue weighted by Gasteiger charge is 2.43. The van der Waals surface area contributed by atoms with Crippen LogP contribution in [0, 0.1) is 56.7 Å². The number of halogens is 6. The van der Waals surface area contributed by atoms with Crippen molar-refractivity contribution in [2.75, 3.05) is 0 Å². The molecule has 0 radical (unpaired) electrons. The van der Waals surface area contributed by atoms with Crippen LogP contribution in [0.2, 0.25) is 0 Å². The van der Waals surface area contributed by atoms with Gasteiger partial charge in [0.05, 0.1) is 97.2 Å². The fourth-order valence-electron chi connectivity index (χ4n) is 9.56. The van der Waals surface area contributed by atoms with Crippen LogP contribution >= 0.6 is 0 Å². The van der Waals surface area contributed by atoms with Gasteiger partial charge in [-0.1, -0.05) is 54.6 Å². The van der Waals surface area contributed by atoms with Crippen molar-refractivity contribution in [3.8, 4) is 75.1 Å². The first-order valence-corrected chi connectivity index (χ1v) is 20.9. The predicted molar refractivity (Wildman–Crippen MR) is 245 cm³/mol. The number of aryl methyl sites for hydroxylation is 1. The maximum absolute atomic E-state index is 15.5. The number of nitrogens with zero attached hydrogens (tertiary/aromatic N) is 7. The summed E-state index contributed by atoms with van der Waals surface area (Å²) in [6, 6.07) is 41.7. The van der Waals surface area contributed by atoms with Gasteiger partial charge >= 0.3 is 12.4 Å². The number of aromatic nitrogens is 2. The summed E-state index contributed by atoms with van der Waals surface area (Å²) >= 11 is 0. The summed E-state index contributed by atoms with van der Waals surface area (Å²) in [5.74, 6) is 0. The van der Waals surface area contributed by atoms with Gasteiger partial charge in [0.1, 0.15) is 0 Å². The van der Waals surface area contributed by atoms with Crippen molar-refractivity contribution in [1.29, 1.82) is 26.3 Å². The molecule has 0 unspecified atom stereocenters. The molecular weight excluding hydrogens is 873 g/mol. The number of benzene rings is 7. The number of para-hydroxylation sites is 1. The van der Waals surface area contributed by atoms with Gasteiger partial charge in [0.15, 0.2) is 0 Å². The molecule has 1 aliphatic rings. The number of allylic oxidation sites excluding steroid dienone is 1. The van der Waals surface area contributed by atoms with Crippen LogP contribution in [0.5, 0.6) is 0 Å². The maximum Gasteiger partial charge on any atom is 0.417 e. The van der Waals surface area contributed by atoms with E-state index in [1.165, 1.54) is 24.3 Å². The SMILES string of the molecule is N#Cc1ccc(-c2ccc3c(c2)c2c(n3-c3cc(C#N)cc(-n4c5ccccc5c5cc(-c6ccc(C#N)cc6C#N)ccc54)c3-c3c(C(F)(F)F)cccc3C(F)(F)F)C=CCC2)c(C#N)c1. The highest BCUT2D eigenvalue weighted by Crippen LogP contribution is 2.51. The number of rotatable bonds is 5. The second-order valence-corrected chi connectivity index (χ2v) is 16.1. The number of nitriles is 5. The van der Waals surface area contributed by atoms with Gasteiger partial charge in [0.25, 0.3) is 0 Å². The Balaban J connectivity index is 1.36. The fourth-order valence-corrected chi connectivity index (χ4v) is 9.56. The van der Waals surface area contributed by atoms with Crippen LogP contribution in [0.3, 0.4) is 0 Å². The monoisotopic (exact) mass is 899 g/mol. The Morgan fingerprint density at radius 3 is 1.54 bits per heavy atom. The molecule has 0 saturated heterocycles. The molecule has 0 spiro atoms. The average Bonchev–Trinajstić information content (AvgIpc) is 3.86. The van der Waals surface area contributed by atoms with E-state index >= 15 is 26.3 Å². The van der Waals surface area contributed by atoms with Gasteiger partial charge in [-0.3, -0.25) is 0 Å². The summed E-state index contributed by atoms with van der Waals surface area (Å²) in [4.78, 5) is 0. The van der Waals surface area contributed by atoms with Crippen LogP contribution in [-0.2, 0) is 18.8 Å². The van der Waals surface area contributed by atoms with Crippen LogP contribution in [0.1, 0.15) is 56.6 Å². The topological polar surface area (TPSA) is 129 Å². The molecule has 0 amide bonds. The van der Waals surface area contributed by atoms with Crippen molar-refractivity contribution < 1.29 is 26.3 Å². The quantitative estimate of drug-likeness (QED) is 0.159. The summed E-state index contributed by atoms with van der Waals surface area (Å²) in [5.41, 5.74) is 0.604. The zero-order valence-corrected chi connectivity index (χ0v) is 35.1. The minimum atomic E-state index is -5.29. The summed E-state index contributed by atoms with van der Waals surface area (Å²) in [6.45, 7) is 0. The Kier molecular flexibility index (Phi) is 10.00. The lowest BCUT2D eigenvalue weighted by Crippen LogP contribution is -2.16. The molecule has 2 aromatic heterocycles. The van der Waals surface area contributed by atoms with E-state index in [1.807, 2.05) is 24.3 Å². The van der Waals surface area contributed by atoms with Gasteiger partial charge in [-0.25, -0.2) is 0 Å². The molecule has 2 heterocycles. The maximum atomic E-state index is 15.5. The molecule has 1 aliphatic carbocycles. The lowest BCUT2D eigenvalue weighted by atomic mass is 9.89. The second-order valence-electron chi connectivity index (χ2n) is 16.1. The van der Waals surface area contributed by atoms with Crippen LogP contribution in [0.15, 0.2) is 133 Å². The van der Waals surface area contributed by atoms with Crippen molar-refractivity contribution >= 4 is 38.8 Å². The molecule has 0 fully saturated rings. The largest absolute Gasteiger partial charge is 0.417 e. The number of hydrogen-bond donors (Lipinski definition) is 0. The predicted octanol–water partition coefficient (Wildman–Crippen LogP) is 14.1. The molecule has 10 rings (SSSR count). The van der Waals surface area contributed by atoms with Crippen LogP contribution in [-0.4, -0.2) is 9.13 Å². The molecule has 13 heteroatoms. The van der Waals surface area contributed by atoms with E-state index in [0.29, 0.717) is 85.6 Å². The summed E-state index contributed by atoms with van der Waals surface area (Å²) < 4.78 is 96.4. The summed E-state index contributed by atoms with van der Waals surface area (Å²) in [7, 11) is 0. The van der Waals surface area contributed by atoms with Gasteiger partial charge in [-0.2, -0.15) is 52.7 Å². The van der Waals surface area contributed by atoms with E-state index in [9.17, 15) is 26.3 Å². The van der Waals surface area contributed by atoms with Crippen LogP contribution in [0.25, 0.3) is 83.5 Å². The Morgan fingerprint density at radius 1 is 0.456 bits per heavy atom. The fraction of sp³-hybridized carbons (Fsp3) is 0.0727. The lowest BCUT2D eigenvalue weighted by Gasteiger charge is -2.26. The minimum absolute atomic E-state index is 0.0566. The number of alkyl halides is 6. The third kappa shape index (κ3) is 6.80. The van der Waals surface area contributed by atoms with Crippen molar-refractivity contribution in [3.63, 3.8) is 0 Å². The van der Waals surface area contributed by atoms with E-state index in [1.54, 1.807) is 94.1 Å². The number of hydrogen-bond acceptors (Lipinski definition) is 5. The molecule has 7 nitrogen and oxygen atoms in total. The Labute approximate surface area is 383 Å². The first-order chi connectivity index (χ1) is 32.8. The molecule has 9 aromatic rings. The molecule has 324 valence electrons. The van der Waals surface area contributed by atoms with Gasteiger partial charge in [-0.15, -0.1) is 0 Å². The van der Waals surface area contributed by atoms with E-state index < -0.39 is 34.6 Å². The van der Waals surface area contributed by atoms with Crippen molar-refractivity contribution in [3.05, 3.63) is 184 Å². The molecule has 0 atom stereocenters. The zero-order chi connectivity index (χ0) is 47.6. The van der Waals surface area contributed by atoms with Crippen molar-refractivity contribution in [2.45, 2.75) is 25.2 Å². The van der Waals surface area contributed by atoms with Crippen molar-refractivity contribution in [1.82, 2.24) is 9.13 Å². The van der Waals surface area contributed by atoms with Gasteiger partial charge in [-0.05, 0) is 126 Å². The Hall–Kier alpha value is -9.35. The molecule has 0 bridgehead atoms. The third-order valence-electron chi connectivity index (χ3n) is 12.4. The zero-order valence-electron chi connectivity index (χ0n) is 35.1. The molecule has 7 aromatic carbocycles. The van der Waals surface area contributed by atoms with Crippen molar-refractivity contribution in [2.24, 2.45) is 0 Å². The second kappa shape index (κ2) is 16.0. The highest BCUT2D eigenvalue weighted by atomic mass is 19.4. The first-order valence-electron chi connectivity index (χ1n) is 20.9. The van der Waals surface area contributed by atoms with E-state index in [2.05, 4.69) is 18.2 Å². The standard InChI is InChI=1S/C55H27F6N7/c56-54(57,58)44-8-5-9-45(55(59,60)61)52(44)53-50(67-46-10-3-1-6-40(46)42-24-34(14-18-48(42)67)38-16-12-31(26-62)20-36(38)29-65)22-33(28-64)23-51(53)68-47-11-4-2-7-41(47)43-25-35(15-19-49(43)68)39-17-13-32(27-63)21-37(39)30-66/h1,3-6,8-25H,2,7H2. The Bertz CT molecular complexity index is 3870. The van der Waals surface area contributed by atoms with Crippen LogP contribution < -0.4 is 0 Å². The molecular formula is C55H27F6N7. The Morgan fingerprint density at radius 2 is 0.985 bits per heavy atom. The lowest BCUT2D eigenvalue weighted by molar-refractivity contribution is -0.142. The van der Waals surface area contributed by atoms with Gasteiger partial charge < -0.3 is 9.13 Å². The third-order valence-corrected chi connectivity index (χ3v) is 12.4. The normalized spacial score (nSPS) is 12.3. The van der Waals surface area contributed by atoms with Gasteiger partial charge in [0.2, 0.25) is 0 Å².